The Bertz CT molecular complexity index is 1120. The molecule has 7 heteroatoms. The molecule has 168 valence electrons. The van der Waals surface area contributed by atoms with E-state index in [1.807, 2.05) is 29.3 Å². The number of anilines is 1. The van der Waals surface area contributed by atoms with E-state index < -0.39 is 4.92 Å². The van der Waals surface area contributed by atoms with E-state index in [-0.39, 0.29) is 30.4 Å². The number of benzene rings is 3. The predicted octanol–water partition coefficient (Wildman–Crippen LogP) is 5.83. The molecule has 3 aromatic rings. The molecule has 3 unspecified atom stereocenters. The van der Waals surface area contributed by atoms with Crippen LogP contribution in [0.25, 0.3) is 0 Å². The van der Waals surface area contributed by atoms with E-state index in [0.29, 0.717) is 0 Å². The van der Waals surface area contributed by atoms with E-state index >= 15 is 0 Å². The minimum atomic E-state index is -0.407. The maximum atomic E-state index is 10.9. The van der Waals surface area contributed by atoms with E-state index in [0.717, 1.165) is 36.2 Å². The average Bonchev–Trinajstić information content (AvgIpc) is 3.26. The van der Waals surface area contributed by atoms with Crippen molar-refractivity contribution in [3.63, 3.8) is 0 Å². The summed E-state index contributed by atoms with van der Waals surface area (Å²) in [4.78, 5) is 22.7. The standard InChI is InChI=1S/C26H25N3O4/c30-29(31)22-16-14-19(15-17-22)18-32-27-23-12-7-13-24-25(23)26(20-8-3-1-4-9-20)28(33-24)21-10-5-2-6-11-21/h1-6,8-11,14-17,24-26H,7,12-13,18H2/b27-23+. The zero-order valence-corrected chi connectivity index (χ0v) is 18.1. The Morgan fingerprint density at radius 1 is 1.00 bits per heavy atom. The zero-order chi connectivity index (χ0) is 22.6. The first-order chi connectivity index (χ1) is 16.2. The van der Waals surface area contributed by atoms with Gasteiger partial charge in [0.25, 0.3) is 5.69 Å². The molecule has 2 aliphatic rings. The molecule has 1 aliphatic heterocycles. The summed E-state index contributed by atoms with van der Waals surface area (Å²) in [5, 5.41) is 17.4. The van der Waals surface area contributed by atoms with Crippen molar-refractivity contribution in [1.82, 2.24) is 0 Å². The molecular weight excluding hydrogens is 418 g/mol. The van der Waals surface area contributed by atoms with Crippen LogP contribution in [-0.2, 0) is 16.3 Å². The van der Waals surface area contributed by atoms with Crippen molar-refractivity contribution in [3.05, 3.63) is 106 Å². The smallest absolute Gasteiger partial charge is 0.269 e. The number of fused-ring (bicyclic) bond motifs is 1. The molecule has 0 aromatic heterocycles. The van der Waals surface area contributed by atoms with Crippen molar-refractivity contribution in [2.75, 3.05) is 5.06 Å². The number of rotatable bonds is 6. The zero-order valence-electron chi connectivity index (χ0n) is 18.1. The molecule has 3 aromatic carbocycles. The van der Waals surface area contributed by atoms with E-state index in [9.17, 15) is 10.1 Å². The van der Waals surface area contributed by atoms with Gasteiger partial charge in [-0.1, -0.05) is 53.7 Å². The van der Waals surface area contributed by atoms with Gasteiger partial charge in [0.2, 0.25) is 0 Å². The quantitative estimate of drug-likeness (QED) is 0.354. The number of hydrogen-bond acceptors (Lipinski definition) is 6. The van der Waals surface area contributed by atoms with E-state index in [1.165, 1.54) is 17.7 Å². The van der Waals surface area contributed by atoms with Crippen LogP contribution in [0.2, 0.25) is 0 Å². The summed E-state index contributed by atoms with van der Waals surface area (Å²) >= 11 is 0. The van der Waals surface area contributed by atoms with E-state index in [1.54, 1.807) is 12.1 Å². The van der Waals surface area contributed by atoms with E-state index in [4.69, 9.17) is 9.68 Å². The Labute approximate surface area is 192 Å². The number of nitrogens with zero attached hydrogens (tertiary/aromatic N) is 3. The number of hydrogen-bond donors (Lipinski definition) is 0. The maximum absolute atomic E-state index is 10.9. The molecule has 1 heterocycles. The SMILES string of the molecule is O=[N+]([O-])c1ccc(CO/N=C2\CCCC3ON(c4ccccc4)C(c4ccccc4)C23)cc1. The maximum Gasteiger partial charge on any atom is 0.269 e. The van der Waals surface area contributed by atoms with Crippen LogP contribution in [0.1, 0.15) is 36.4 Å². The number of nitro benzene ring substituents is 1. The van der Waals surface area contributed by atoms with Crippen molar-refractivity contribution in [2.24, 2.45) is 11.1 Å². The van der Waals surface area contributed by atoms with Crippen molar-refractivity contribution >= 4 is 17.1 Å². The minimum absolute atomic E-state index is 0.000579. The lowest BCUT2D eigenvalue weighted by molar-refractivity contribution is -0.384. The predicted molar refractivity (Wildman–Crippen MR) is 126 cm³/mol. The first-order valence-electron chi connectivity index (χ1n) is 11.2. The lowest BCUT2D eigenvalue weighted by Crippen LogP contribution is -2.33. The lowest BCUT2D eigenvalue weighted by atomic mass is 9.78. The van der Waals surface area contributed by atoms with Gasteiger partial charge < -0.3 is 4.84 Å². The minimum Gasteiger partial charge on any atom is -0.391 e. The Morgan fingerprint density at radius 3 is 2.39 bits per heavy atom. The van der Waals surface area contributed by atoms with Crippen LogP contribution in [0.4, 0.5) is 11.4 Å². The molecule has 3 atom stereocenters. The second-order valence-electron chi connectivity index (χ2n) is 8.36. The molecule has 0 spiro atoms. The van der Waals surface area contributed by atoms with Crippen molar-refractivity contribution in [2.45, 2.75) is 38.0 Å². The fourth-order valence-corrected chi connectivity index (χ4v) is 4.71. The first kappa shape index (κ1) is 21.2. The summed E-state index contributed by atoms with van der Waals surface area (Å²) < 4.78 is 0. The summed E-state index contributed by atoms with van der Waals surface area (Å²) in [5.41, 5.74) is 4.10. The second kappa shape index (κ2) is 9.42. The van der Waals surface area contributed by atoms with Gasteiger partial charge in [0, 0.05) is 12.1 Å². The first-order valence-corrected chi connectivity index (χ1v) is 11.2. The highest BCUT2D eigenvalue weighted by atomic mass is 16.7. The number of oxime groups is 1. The summed E-state index contributed by atoms with van der Waals surface area (Å²) in [6, 6.07) is 26.9. The van der Waals surface area contributed by atoms with Gasteiger partial charge in [-0.2, -0.15) is 0 Å². The molecule has 2 fully saturated rings. The average molecular weight is 444 g/mol. The number of para-hydroxylation sites is 1. The molecular formula is C26H25N3O4. The number of nitro groups is 1. The Morgan fingerprint density at radius 2 is 1.70 bits per heavy atom. The molecule has 0 amide bonds. The fraction of sp³-hybridized carbons (Fsp3) is 0.269. The monoisotopic (exact) mass is 443 g/mol. The van der Waals surface area contributed by atoms with Crippen LogP contribution in [0, 0.1) is 16.0 Å². The molecule has 7 nitrogen and oxygen atoms in total. The topological polar surface area (TPSA) is 77.2 Å². The molecule has 0 radical (unpaired) electrons. The van der Waals surface area contributed by atoms with Gasteiger partial charge in [0.05, 0.1) is 34.4 Å². The molecule has 5 rings (SSSR count). The van der Waals surface area contributed by atoms with Crippen LogP contribution < -0.4 is 5.06 Å². The molecule has 33 heavy (non-hydrogen) atoms. The number of non-ortho nitro benzene ring substituents is 1. The molecule has 0 N–H and O–H groups in total. The fourth-order valence-electron chi connectivity index (χ4n) is 4.71. The van der Waals surface area contributed by atoms with Crippen LogP contribution in [0.5, 0.6) is 0 Å². The lowest BCUT2D eigenvalue weighted by Gasteiger charge is -2.29. The Hall–Kier alpha value is -3.71. The third-order valence-corrected chi connectivity index (χ3v) is 6.26. The van der Waals surface area contributed by atoms with E-state index in [2.05, 4.69) is 41.6 Å². The number of hydroxylamine groups is 1. The van der Waals surface area contributed by atoms with Crippen LogP contribution in [0.3, 0.4) is 0 Å². The highest BCUT2D eigenvalue weighted by molar-refractivity contribution is 5.89. The third-order valence-electron chi connectivity index (χ3n) is 6.26. The highest BCUT2D eigenvalue weighted by Crippen LogP contribution is 2.47. The van der Waals surface area contributed by atoms with Gasteiger partial charge in [0.15, 0.2) is 0 Å². The molecule has 1 saturated carbocycles. The van der Waals surface area contributed by atoms with Crippen molar-refractivity contribution in [1.29, 1.82) is 0 Å². The van der Waals surface area contributed by atoms with Crippen LogP contribution >= 0.6 is 0 Å². The molecule has 1 aliphatic carbocycles. The van der Waals surface area contributed by atoms with Gasteiger partial charge >= 0.3 is 0 Å². The van der Waals surface area contributed by atoms with Crippen molar-refractivity contribution in [3.8, 4) is 0 Å². The van der Waals surface area contributed by atoms with Crippen LogP contribution in [-0.4, -0.2) is 16.7 Å². The summed E-state index contributed by atoms with van der Waals surface area (Å²) in [5.74, 6) is 0.0817. The van der Waals surface area contributed by atoms with Crippen LogP contribution in [0.15, 0.2) is 90.1 Å². The largest absolute Gasteiger partial charge is 0.391 e. The van der Waals surface area contributed by atoms with Gasteiger partial charge in [-0.15, -0.1) is 0 Å². The Balaban J connectivity index is 1.40. The van der Waals surface area contributed by atoms with Gasteiger partial charge in [-0.25, -0.2) is 5.06 Å². The van der Waals surface area contributed by atoms with Gasteiger partial charge in [-0.3, -0.25) is 15.0 Å². The highest BCUT2D eigenvalue weighted by Gasteiger charge is 2.48. The Kier molecular flexibility index (Phi) is 6.04. The van der Waals surface area contributed by atoms with Gasteiger partial charge in [0.1, 0.15) is 6.61 Å². The summed E-state index contributed by atoms with van der Waals surface area (Å²) in [7, 11) is 0. The molecule has 0 bridgehead atoms. The summed E-state index contributed by atoms with van der Waals surface area (Å²) in [6.07, 6.45) is 2.85. The molecule has 1 saturated heterocycles. The second-order valence-corrected chi connectivity index (χ2v) is 8.36. The normalized spacial score (nSPS) is 23.3. The summed E-state index contributed by atoms with van der Waals surface area (Å²) in [6.45, 7) is 0.262. The van der Waals surface area contributed by atoms with Crippen molar-refractivity contribution < 1.29 is 14.6 Å². The van der Waals surface area contributed by atoms with Gasteiger partial charge in [-0.05, 0) is 54.7 Å². The third kappa shape index (κ3) is 4.45.